The normalized spacial score (nSPS) is 13.0. The molecule has 212 valence electrons. The van der Waals surface area contributed by atoms with Crippen LogP contribution in [0.3, 0.4) is 0 Å². The van der Waals surface area contributed by atoms with Gasteiger partial charge in [-0.25, -0.2) is 0 Å². The van der Waals surface area contributed by atoms with Gasteiger partial charge in [-0.2, -0.15) is 8.42 Å². The summed E-state index contributed by atoms with van der Waals surface area (Å²) in [6.07, 6.45) is 2.08. The second kappa shape index (κ2) is 12.7. The van der Waals surface area contributed by atoms with Crippen molar-refractivity contribution in [2.24, 2.45) is 5.92 Å². The molecule has 1 fully saturated rings. The first-order valence-electron chi connectivity index (χ1n) is 13.3. The molecule has 0 heterocycles. The first-order valence-corrected chi connectivity index (χ1v) is 15.1. The van der Waals surface area contributed by atoms with Crippen molar-refractivity contribution in [3.05, 3.63) is 82.9 Å². The van der Waals surface area contributed by atoms with Gasteiger partial charge in [-0.15, -0.1) is 0 Å². The minimum Gasteiger partial charge on any atom is -0.379 e. The second-order valence-electron chi connectivity index (χ2n) is 9.82. The lowest BCUT2D eigenvalue weighted by Gasteiger charge is -2.26. The van der Waals surface area contributed by atoms with E-state index < -0.39 is 10.1 Å². The Kier molecular flexibility index (Phi) is 9.37. The number of amides is 2. The molecule has 40 heavy (non-hydrogen) atoms. The van der Waals surface area contributed by atoms with Crippen LogP contribution in [0.1, 0.15) is 49.5 Å². The molecule has 1 N–H and O–H groups in total. The Hall–Kier alpha value is -3.56. The van der Waals surface area contributed by atoms with E-state index in [9.17, 15) is 18.0 Å². The van der Waals surface area contributed by atoms with Crippen LogP contribution in [0.2, 0.25) is 5.02 Å². The van der Waals surface area contributed by atoms with Crippen molar-refractivity contribution in [3.63, 3.8) is 0 Å². The third kappa shape index (κ3) is 7.34. The molecule has 0 saturated heterocycles. The van der Waals surface area contributed by atoms with Crippen LogP contribution in [0.15, 0.2) is 71.6 Å². The first-order chi connectivity index (χ1) is 19.1. The summed E-state index contributed by atoms with van der Waals surface area (Å²) >= 11 is 6.35. The zero-order valence-electron chi connectivity index (χ0n) is 22.9. The minimum absolute atomic E-state index is 0.0530. The van der Waals surface area contributed by atoms with Crippen LogP contribution < -0.4 is 14.4 Å². The average Bonchev–Trinajstić information content (AvgIpc) is 3.74. The van der Waals surface area contributed by atoms with Crippen molar-refractivity contribution in [1.29, 1.82) is 0 Å². The van der Waals surface area contributed by atoms with Crippen LogP contribution >= 0.6 is 11.6 Å². The molecular weight excluding hydrogens is 550 g/mol. The number of nitrogens with one attached hydrogen (secondary N) is 1. The molecule has 0 aliphatic heterocycles. The fourth-order valence-electron chi connectivity index (χ4n) is 4.45. The van der Waals surface area contributed by atoms with Gasteiger partial charge in [0.15, 0.2) is 0 Å². The Morgan fingerprint density at radius 2 is 1.68 bits per heavy atom. The fourth-order valence-corrected chi connectivity index (χ4v) is 5.63. The van der Waals surface area contributed by atoms with Crippen LogP contribution in [0.25, 0.3) is 0 Å². The van der Waals surface area contributed by atoms with E-state index in [0.29, 0.717) is 34.3 Å². The minimum atomic E-state index is -4.22. The Balaban J connectivity index is 1.69. The van der Waals surface area contributed by atoms with Crippen LogP contribution in [0, 0.1) is 5.92 Å². The maximum atomic E-state index is 13.6. The molecule has 2 amide bonds. The molecule has 4 rings (SSSR count). The standard InChI is InChI=1S/C30H34ClN3O5S/c1-4-33(5-2)25-15-12-23(20-34(19-22-10-11-22)30(36)27-8-6-7-9-28(27)31)29(18-25)39-40(37,38)26-16-13-24(14-17-26)32-21(3)35/h6-9,12-18,22H,4-5,10-11,19-20H2,1-3H3,(H,32,35). The zero-order chi connectivity index (χ0) is 28.9. The molecule has 8 nitrogen and oxygen atoms in total. The summed E-state index contributed by atoms with van der Waals surface area (Å²) in [4.78, 5) is 28.7. The van der Waals surface area contributed by atoms with E-state index in [1.165, 1.54) is 31.2 Å². The van der Waals surface area contributed by atoms with Gasteiger partial charge in [-0.3, -0.25) is 9.59 Å². The molecule has 0 unspecified atom stereocenters. The molecule has 10 heteroatoms. The van der Waals surface area contributed by atoms with Crippen molar-refractivity contribution in [2.45, 2.75) is 45.1 Å². The summed E-state index contributed by atoms with van der Waals surface area (Å²) in [7, 11) is -4.22. The summed E-state index contributed by atoms with van der Waals surface area (Å²) in [6, 6.07) is 18.1. The summed E-state index contributed by atoms with van der Waals surface area (Å²) in [5.74, 6) is 0.0826. The lowest BCUT2D eigenvalue weighted by Crippen LogP contribution is -2.33. The van der Waals surface area contributed by atoms with E-state index in [1.807, 2.05) is 26.0 Å². The van der Waals surface area contributed by atoms with Gasteiger partial charge >= 0.3 is 10.1 Å². The predicted octanol–water partition coefficient (Wildman–Crippen LogP) is 5.96. The highest BCUT2D eigenvalue weighted by Gasteiger charge is 2.29. The molecule has 0 spiro atoms. The highest BCUT2D eigenvalue weighted by atomic mass is 35.5. The molecule has 1 aliphatic carbocycles. The smallest absolute Gasteiger partial charge is 0.339 e. The lowest BCUT2D eigenvalue weighted by atomic mass is 10.1. The number of halogens is 1. The number of hydrogen-bond donors (Lipinski definition) is 1. The molecule has 0 radical (unpaired) electrons. The number of anilines is 2. The average molecular weight is 584 g/mol. The quantitative estimate of drug-likeness (QED) is 0.264. The van der Waals surface area contributed by atoms with E-state index in [1.54, 1.807) is 35.2 Å². The van der Waals surface area contributed by atoms with Gasteiger partial charge in [0.05, 0.1) is 10.6 Å². The molecule has 0 bridgehead atoms. The Morgan fingerprint density at radius 3 is 2.27 bits per heavy atom. The largest absolute Gasteiger partial charge is 0.379 e. The molecule has 3 aromatic carbocycles. The summed E-state index contributed by atoms with van der Waals surface area (Å²) in [5, 5.41) is 2.99. The van der Waals surface area contributed by atoms with E-state index in [-0.39, 0.29) is 29.0 Å². The molecule has 1 saturated carbocycles. The number of carbonyl (C=O) groups is 2. The van der Waals surface area contributed by atoms with Crippen LogP contribution in [-0.4, -0.2) is 44.8 Å². The zero-order valence-corrected chi connectivity index (χ0v) is 24.5. The Labute approximate surface area is 241 Å². The van der Waals surface area contributed by atoms with E-state index in [2.05, 4.69) is 10.2 Å². The van der Waals surface area contributed by atoms with Gasteiger partial charge in [0.1, 0.15) is 10.6 Å². The second-order valence-corrected chi connectivity index (χ2v) is 11.8. The SMILES string of the molecule is CCN(CC)c1ccc(CN(CC2CC2)C(=O)c2ccccc2Cl)c(OS(=O)(=O)c2ccc(NC(C)=O)cc2)c1. The number of hydrogen-bond acceptors (Lipinski definition) is 6. The third-order valence-corrected chi connectivity index (χ3v) is 8.35. The van der Waals surface area contributed by atoms with Gasteiger partial charge < -0.3 is 19.3 Å². The number of nitrogens with zero attached hydrogens (tertiary/aromatic N) is 2. The number of benzene rings is 3. The highest BCUT2D eigenvalue weighted by Crippen LogP contribution is 2.34. The van der Waals surface area contributed by atoms with Crippen molar-refractivity contribution < 1.29 is 22.2 Å². The maximum absolute atomic E-state index is 13.6. The molecule has 3 aromatic rings. The van der Waals surface area contributed by atoms with Crippen molar-refractivity contribution >= 4 is 44.9 Å². The fraction of sp³-hybridized carbons (Fsp3) is 0.333. The van der Waals surface area contributed by atoms with E-state index >= 15 is 0 Å². The van der Waals surface area contributed by atoms with Gasteiger partial charge in [-0.1, -0.05) is 29.8 Å². The highest BCUT2D eigenvalue weighted by molar-refractivity contribution is 7.87. The lowest BCUT2D eigenvalue weighted by molar-refractivity contribution is -0.114. The van der Waals surface area contributed by atoms with Crippen LogP contribution in [-0.2, 0) is 21.5 Å². The van der Waals surface area contributed by atoms with Crippen molar-refractivity contribution in [1.82, 2.24) is 4.90 Å². The van der Waals surface area contributed by atoms with Crippen LogP contribution in [0.4, 0.5) is 11.4 Å². The van der Waals surface area contributed by atoms with Gasteiger partial charge in [0.2, 0.25) is 5.91 Å². The number of rotatable bonds is 12. The van der Waals surface area contributed by atoms with Gasteiger partial charge in [0.25, 0.3) is 5.91 Å². The monoisotopic (exact) mass is 583 g/mol. The third-order valence-electron chi connectivity index (χ3n) is 6.77. The van der Waals surface area contributed by atoms with E-state index in [4.69, 9.17) is 15.8 Å². The molecule has 0 aromatic heterocycles. The topological polar surface area (TPSA) is 96.0 Å². The molecule has 0 atom stereocenters. The van der Waals surface area contributed by atoms with Crippen molar-refractivity contribution in [2.75, 3.05) is 29.9 Å². The van der Waals surface area contributed by atoms with Crippen molar-refractivity contribution in [3.8, 4) is 5.75 Å². The number of carbonyl (C=O) groups excluding carboxylic acids is 2. The maximum Gasteiger partial charge on any atom is 0.339 e. The van der Waals surface area contributed by atoms with E-state index in [0.717, 1.165) is 31.6 Å². The van der Waals surface area contributed by atoms with Crippen LogP contribution in [0.5, 0.6) is 5.75 Å². The summed E-state index contributed by atoms with van der Waals surface area (Å²) in [6.45, 7) is 7.57. The molecule has 1 aliphatic rings. The Bertz CT molecular complexity index is 1470. The predicted molar refractivity (Wildman–Crippen MR) is 157 cm³/mol. The first kappa shape index (κ1) is 29.4. The van der Waals surface area contributed by atoms with Gasteiger partial charge in [-0.05, 0) is 75.1 Å². The summed E-state index contributed by atoms with van der Waals surface area (Å²) in [5.41, 5.74) is 2.25. The Morgan fingerprint density at radius 1 is 1.00 bits per heavy atom. The molecular formula is C30H34ClN3O5S. The van der Waals surface area contributed by atoms with Gasteiger partial charge in [0, 0.05) is 56.1 Å². The summed E-state index contributed by atoms with van der Waals surface area (Å²) < 4.78 is 32.5.